The molecule has 0 aromatic carbocycles. The van der Waals surface area contributed by atoms with E-state index >= 15 is 0 Å². The Morgan fingerprint density at radius 3 is 2.76 bits per heavy atom. The fourth-order valence-corrected chi connectivity index (χ4v) is 2.12. The van der Waals surface area contributed by atoms with Gasteiger partial charge in [-0.05, 0) is 14.0 Å². The summed E-state index contributed by atoms with van der Waals surface area (Å²) in [5, 5.41) is 0. The standard InChI is InChI=1S/C11H17N5S/c1-8-7-16(6-5-15(8)2)11-9(10(12)17)13-3-4-14-11/h3-4,8H,5-7H2,1-2H3,(H2,12,17). The van der Waals surface area contributed by atoms with E-state index < -0.39 is 0 Å². The summed E-state index contributed by atoms with van der Waals surface area (Å²) >= 11 is 5.01. The zero-order valence-corrected chi connectivity index (χ0v) is 10.9. The number of likely N-dealkylation sites (N-methyl/N-ethyl adjacent to an activating group) is 1. The van der Waals surface area contributed by atoms with E-state index in [4.69, 9.17) is 18.0 Å². The van der Waals surface area contributed by atoms with Gasteiger partial charge >= 0.3 is 0 Å². The summed E-state index contributed by atoms with van der Waals surface area (Å²) in [5.41, 5.74) is 6.30. The molecule has 2 rings (SSSR count). The molecule has 6 heteroatoms. The molecule has 0 radical (unpaired) electrons. The van der Waals surface area contributed by atoms with Crippen LogP contribution in [0.25, 0.3) is 0 Å². The topological polar surface area (TPSA) is 58.3 Å². The summed E-state index contributed by atoms with van der Waals surface area (Å²) in [6.07, 6.45) is 3.30. The van der Waals surface area contributed by atoms with Crippen molar-refractivity contribution in [1.82, 2.24) is 14.9 Å². The average Bonchev–Trinajstić information content (AvgIpc) is 2.32. The number of anilines is 1. The van der Waals surface area contributed by atoms with Crippen molar-refractivity contribution in [3.05, 3.63) is 18.1 Å². The molecule has 1 aromatic rings. The fourth-order valence-electron chi connectivity index (χ4n) is 1.98. The van der Waals surface area contributed by atoms with Crippen LogP contribution in [0.2, 0.25) is 0 Å². The van der Waals surface area contributed by atoms with E-state index in [1.165, 1.54) is 0 Å². The zero-order valence-electron chi connectivity index (χ0n) is 10.1. The van der Waals surface area contributed by atoms with Gasteiger partial charge in [-0.2, -0.15) is 0 Å². The number of hydrogen-bond donors (Lipinski definition) is 1. The first kappa shape index (κ1) is 12.2. The number of thiocarbonyl (C=S) groups is 1. The van der Waals surface area contributed by atoms with Gasteiger partial charge in [0.2, 0.25) is 0 Å². The minimum Gasteiger partial charge on any atom is -0.388 e. The summed E-state index contributed by atoms with van der Waals surface area (Å²) in [6.45, 7) is 5.05. The Kier molecular flexibility index (Phi) is 3.54. The molecule has 1 fully saturated rings. The van der Waals surface area contributed by atoms with Crippen LogP contribution in [0.3, 0.4) is 0 Å². The highest BCUT2D eigenvalue weighted by Crippen LogP contribution is 2.18. The first-order valence-electron chi connectivity index (χ1n) is 5.65. The maximum absolute atomic E-state index is 5.68. The summed E-state index contributed by atoms with van der Waals surface area (Å²) in [6, 6.07) is 0.491. The third-order valence-corrected chi connectivity index (χ3v) is 3.36. The summed E-state index contributed by atoms with van der Waals surface area (Å²) in [7, 11) is 2.13. The van der Waals surface area contributed by atoms with Gasteiger partial charge in [0, 0.05) is 38.1 Å². The van der Waals surface area contributed by atoms with Crippen molar-refractivity contribution in [1.29, 1.82) is 0 Å². The quantitative estimate of drug-likeness (QED) is 0.761. The van der Waals surface area contributed by atoms with Crippen molar-refractivity contribution in [2.75, 3.05) is 31.6 Å². The molecule has 17 heavy (non-hydrogen) atoms. The Labute approximate surface area is 107 Å². The Morgan fingerprint density at radius 1 is 1.41 bits per heavy atom. The van der Waals surface area contributed by atoms with Crippen LogP contribution in [0.1, 0.15) is 12.6 Å². The van der Waals surface area contributed by atoms with E-state index in [0.29, 0.717) is 16.7 Å². The Balaban J connectivity index is 2.25. The number of rotatable bonds is 2. The Morgan fingerprint density at radius 2 is 2.12 bits per heavy atom. The fraction of sp³-hybridized carbons (Fsp3) is 0.545. The van der Waals surface area contributed by atoms with Crippen molar-refractivity contribution < 1.29 is 0 Å². The summed E-state index contributed by atoms with van der Waals surface area (Å²) in [4.78, 5) is 13.4. The molecule has 1 saturated heterocycles. The van der Waals surface area contributed by atoms with E-state index in [0.717, 1.165) is 25.5 Å². The molecule has 2 N–H and O–H groups in total. The third kappa shape index (κ3) is 2.53. The van der Waals surface area contributed by atoms with E-state index in [1.807, 2.05) is 0 Å². The van der Waals surface area contributed by atoms with Crippen LogP contribution in [0, 0.1) is 0 Å². The summed E-state index contributed by atoms with van der Waals surface area (Å²) < 4.78 is 0. The molecule has 0 saturated carbocycles. The van der Waals surface area contributed by atoms with E-state index in [2.05, 4.69) is 33.7 Å². The molecule has 1 aliphatic rings. The first-order chi connectivity index (χ1) is 8.09. The lowest BCUT2D eigenvalue weighted by atomic mass is 10.2. The number of aromatic nitrogens is 2. The summed E-state index contributed by atoms with van der Waals surface area (Å²) in [5.74, 6) is 0.806. The monoisotopic (exact) mass is 251 g/mol. The maximum Gasteiger partial charge on any atom is 0.157 e. The van der Waals surface area contributed by atoms with Crippen LogP contribution in [0.5, 0.6) is 0 Å². The molecule has 0 aliphatic carbocycles. The minimum absolute atomic E-state index is 0.305. The first-order valence-corrected chi connectivity index (χ1v) is 6.06. The molecule has 1 aliphatic heterocycles. The van der Waals surface area contributed by atoms with Crippen LogP contribution in [-0.2, 0) is 0 Å². The molecule has 5 nitrogen and oxygen atoms in total. The SMILES string of the molecule is CC1CN(c2nccnc2C(N)=S)CCN1C. The molecule has 1 aromatic heterocycles. The van der Waals surface area contributed by atoms with Gasteiger partial charge in [0.15, 0.2) is 5.82 Å². The highest BCUT2D eigenvalue weighted by molar-refractivity contribution is 7.80. The molecule has 0 spiro atoms. The van der Waals surface area contributed by atoms with Crippen molar-refractivity contribution in [2.24, 2.45) is 5.73 Å². The van der Waals surface area contributed by atoms with Crippen LogP contribution >= 0.6 is 12.2 Å². The normalized spacial score (nSPS) is 21.5. The van der Waals surface area contributed by atoms with Crippen LogP contribution in [0.15, 0.2) is 12.4 Å². The van der Waals surface area contributed by atoms with Gasteiger partial charge in [-0.3, -0.25) is 0 Å². The van der Waals surface area contributed by atoms with Crippen molar-refractivity contribution >= 4 is 23.0 Å². The smallest absolute Gasteiger partial charge is 0.157 e. The van der Waals surface area contributed by atoms with Crippen LogP contribution in [0.4, 0.5) is 5.82 Å². The van der Waals surface area contributed by atoms with Gasteiger partial charge in [-0.15, -0.1) is 0 Å². The molecule has 1 unspecified atom stereocenters. The number of piperazine rings is 1. The van der Waals surface area contributed by atoms with Gasteiger partial charge < -0.3 is 15.5 Å². The highest BCUT2D eigenvalue weighted by atomic mass is 32.1. The zero-order chi connectivity index (χ0) is 12.4. The third-order valence-electron chi connectivity index (χ3n) is 3.17. The van der Waals surface area contributed by atoms with Gasteiger partial charge in [0.1, 0.15) is 10.7 Å². The largest absolute Gasteiger partial charge is 0.388 e. The van der Waals surface area contributed by atoms with Crippen molar-refractivity contribution in [3.63, 3.8) is 0 Å². The minimum atomic E-state index is 0.305. The molecule has 1 atom stereocenters. The number of hydrogen-bond acceptors (Lipinski definition) is 5. The van der Waals surface area contributed by atoms with E-state index in [-0.39, 0.29) is 0 Å². The predicted octanol–water partition coefficient (Wildman–Crippen LogP) is 0.251. The lowest BCUT2D eigenvalue weighted by molar-refractivity contribution is 0.233. The second kappa shape index (κ2) is 4.93. The van der Waals surface area contributed by atoms with Gasteiger partial charge in [0.05, 0.1) is 0 Å². The van der Waals surface area contributed by atoms with E-state index in [1.54, 1.807) is 12.4 Å². The van der Waals surface area contributed by atoms with Gasteiger partial charge in [-0.1, -0.05) is 12.2 Å². The number of nitrogens with two attached hydrogens (primary N) is 1. The Bertz CT molecular complexity index is 422. The van der Waals surface area contributed by atoms with Gasteiger partial charge in [0.25, 0.3) is 0 Å². The molecule has 0 amide bonds. The predicted molar refractivity (Wildman–Crippen MR) is 72.2 cm³/mol. The van der Waals surface area contributed by atoms with Gasteiger partial charge in [-0.25, -0.2) is 9.97 Å². The Hall–Kier alpha value is -1.27. The number of nitrogens with zero attached hydrogens (tertiary/aromatic N) is 4. The lowest BCUT2D eigenvalue weighted by Gasteiger charge is -2.38. The van der Waals surface area contributed by atoms with Crippen molar-refractivity contribution in [2.45, 2.75) is 13.0 Å². The second-order valence-corrected chi connectivity index (χ2v) is 4.81. The lowest BCUT2D eigenvalue weighted by Crippen LogP contribution is -2.50. The van der Waals surface area contributed by atoms with Crippen LogP contribution in [-0.4, -0.2) is 52.6 Å². The molecule has 92 valence electrons. The maximum atomic E-state index is 5.68. The van der Waals surface area contributed by atoms with Crippen molar-refractivity contribution in [3.8, 4) is 0 Å². The van der Waals surface area contributed by atoms with E-state index in [9.17, 15) is 0 Å². The second-order valence-electron chi connectivity index (χ2n) is 4.37. The molecular formula is C11H17N5S. The molecule has 0 bridgehead atoms. The van der Waals surface area contributed by atoms with Crippen LogP contribution < -0.4 is 10.6 Å². The molecule has 2 heterocycles. The molecular weight excluding hydrogens is 234 g/mol. The highest BCUT2D eigenvalue weighted by Gasteiger charge is 2.24. The average molecular weight is 251 g/mol.